The Kier molecular flexibility index (Phi) is 8.59. The van der Waals surface area contributed by atoms with Crippen LogP contribution in [0.5, 0.6) is 11.5 Å². The van der Waals surface area contributed by atoms with E-state index in [4.69, 9.17) is 21.1 Å². The number of carbonyl (C=O) groups excluding carboxylic acids is 1. The Morgan fingerprint density at radius 1 is 1.09 bits per heavy atom. The quantitative estimate of drug-likeness (QED) is 0.267. The molecule has 0 bridgehead atoms. The highest BCUT2D eigenvalue weighted by molar-refractivity contribution is 9.10. The number of rotatable bonds is 7. The number of thioether (sulfide) groups is 1. The molecule has 180 valence electrons. The number of amides is 1. The molecule has 0 radical (unpaired) electrons. The Bertz CT molecular complexity index is 1330. The fourth-order valence-electron chi connectivity index (χ4n) is 3.30. The van der Waals surface area contributed by atoms with Gasteiger partial charge >= 0.3 is 0 Å². The third kappa shape index (κ3) is 6.70. The molecule has 0 aliphatic carbocycles. The zero-order chi connectivity index (χ0) is 24.9. The Labute approximate surface area is 230 Å². The number of nitrogens with zero attached hydrogens (tertiary/aromatic N) is 1. The summed E-state index contributed by atoms with van der Waals surface area (Å²) < 4.78 is 13.7. The lowest BCUT2D eigenvalue weighted by Gasteiger charge is -2.15. The van der Waals surface area contributed by atoms with Crippen molar-refractivity contribution in [3.8, 4) is 11.5 Å². The van der Waals surface area contributed by atoms with E-state index in [1.54, 1.807) is 6.07 Å². The van der Waals surface area contributed by atoms with E-state index < -0.39 is 0 Å². The van der Waals surface area contributed by atoms with E-state index in [2.05, 4.69) is 42.2 Å². The Balaban J connectivity index is 1.56. The molecule has 0 atom stereocenters. The van der Waals surface area contributed by atoms with Crippen molar-refractivity contribution in [2.45, 2.75) is 20.5 Å². The van der Waals surface area contributed by atoms with Crippen LogP contribution in [0.15, 0.2) is 73.4 Å². The summed E-state index contributed by atoms with van der Waals surface area (Å²) >= 11 is 14.4. The van der Waals surface area contributed by atoms with E-state index in [0.29, 0.717) is 39.8 Å². The van der Waals surface area contributed by atoms with Crippen LogP contribution < -0.4 is 14.8 Å². The summed E-state index contributed by atoms with van der Waals surface area (Å²) in [5.41, 5.74) is 3.53. The maximum Gasteiger partial charge on any atom is 0.264 e. The van der Waals surface area contributed by atoms with Crippen LogP contribution in [0, 0.1) is 6.92 Å². The fraction of sp³-hybridized carbons (Fsp3) is 0.154. The van der Waals surface area contributed by atoms with Gasteiger partial charge in [0.15, 0.2) is 16.7 Å². The molecule has 3 aromatic rings. The molecule has 1 saturated heterocycles. The summed E-state index contributed by atoms with van der Waals surface area (Å²) in [5, 5.41) is 3.99. The van der Waals surface area contributed by atoms with Gasteiger partial charge in [-0.1, -0.05) is 39.7 Å². The van der Waals surface area contributed by atoms with E-state index >= 15 is 0 Å². The van der Waals surface area contributed by atoms with Crippen molar-refractivity contribution < 1.29 is 14.3 Å². The van der Waals surface area contributed by atoms with E-state index in [1.807, 2.05) is 68.5 Å². The smallest absolute Gasteiger partial charge is 0.264 e. The standard InChI is InChI=1S/C26H21Br2ClN2O3S/c1-3-33-22-12-17(11-20(28)24(22)34-14-16-4-6-18(27)7-5-16)13-23-25(32)31-26(35-23)30-21-9-8-19(29)10-15(21)2/h4-13H,3,14H2,1-2H3,(H,30,31,32)/b23-13-. The summed E-state index contributed by atoms with van der Waals surface area (Å²) in [5.74, 6) is 1.01. The molecule has 1 heterocycles. The summed E-state index contributed by atoms with van der Waals surface area (Å²) in [4.78, 5) is 17.7. The van der Waals surface area contributed by atoms with E-state index in [0.717, 1.165) is 31.3 Å². The zero-order valence-corrected chi connectivity index (χ0v) is 23.6. The summed E-state index contributed by atoms with van der Waals surface area (Å²) in [6.45, 7) is 4.72. The van der Waals surface area contributed by atoms with Crippen LogP contribution in [-0.4, -0.2) is 17.7 Å². The lowest BCUT2D eigenvalue weighted by molar-refractivity contribution is -0.115. The molecule has 5 nitrogen and oxygen atoms in total. The van der Waals surface area contributed by atoms with Gasteiger partial charge in [-0.15, -0.1) is 0 Å². The van der Waals surface area contributed by atoms with E-state index in [9.17, 15) is 4.79 Å². The van der Waals surface area contributed by atoms with Crippen LogP contribution >= 0.6 is 55.2 Å². The normalized spacial score (nSPS) is 15.5. The van der Waals surface area contributed by atoms with Crippen molar-refractivity contribution in [1.29, 1.82) is 0 Å². The molecule has 0 saturated carbocycles. The number of aryl methyl sites for hydroxylation is 1. The minimum atomic E-state index is -0.204. The summed E-state index contributed by atoms with van der Waals surface area (Å²) in [6, 6.07) is 17.2. The lowest BCUT2D eigenvalue weighted by atomic mass is 10.1. The first kappa shape index (κ1) is 25.8. The average Bonchev–Trinajstić information content (AvgIpc) is 3.15. The highest BCUT2D eigenvalue weighted by Crippen LogP contribution is 2.39. The number of halogens is 3. The first-order chi connectivity index (χ1) is 16.8. The molecule has 1 aliphatic heterocycles. The van der Waals surface area contributed by atoms with Crippen LogP contribution in [-0.2, 0) is 11.4 Å². The van der Waals surface area contributed by atoms with Gasteiger partial charge in [0.1, 0.15) is 6.61 Å². The van der Waals surface area contributed by atoms with Crippen LogP contribution in [0.25, 0.3) is 6.08 Å². The number of benzene rings is 3. The Morgan fingerprint density at radius 3 is 2.57 bits per heavy atom. The minimum absolute atomic E-state index is 0.204. The van der Waals surface area contributed by atoms with Crippen molar-refractivity contribution in [3.63, 3.8) is 0 Å². The third-order valence-electron chi connectivity index (χ3n) is 4.96. The van der Waals surface area contributed by atoms with E-state index in [-0.39, 0.29) is 5.91 Å². The van der Waals surface area contributed by atoms with Gasteiger partial charge in [0.25, 0.3) is 5.91 Å². The lowest BCUT2D eigenvalue weighted by Crippen LogP contribution is -2.19. The number of nitrogens with one attached hydrogen (secondary N) is 1. The molecule has 1 fully saturated rings. The molecule has 1 amide bonds. The largest absolute Gasteiger partial charge is 0.490 e. The van der Waals surface area contributed by atoms with Crippen LogP contribution in [0.3, 0.4) is 0 Å². The van der Waals surface area contributed by atoms with Gasteiger partial charge in [-0.2, -0.15) is 0 Å². The van der Waals surface area contributed by atoms with Gasteiger partial charge in [0.2, 0.25) is 0 Å². The second-order valence-corrected chi connectivity index (χ2v) is 10.8. The van der Waals surface area contributed by atoms with Gasteiger partial charge in [-0.3, -0.25) is 4.79 Å². The topological polar surface area (TPSA) is 59.9 Å². The number of hydrogen-bond acceptors (Lipinski definition) is 5. The summed E-state index contributed by atoms with van der Waals surface area (Å²) in [7, 11) is 0. The van der Waals surface area contributed by atoms with Crippen LogP contribution in [0.1, 0.15) is 23.6 Å². The molecule has 1 aliphatic rings. The van der Waals surface area contributed by atoms with Crippen LogP contribution in [0.2, 0.25) is 5.02 Å². The second kappa shape index (κ2) is 11.6. The highest BCUT2D eigenvalue weighted by Gasteiger charge is 2.24. The maximum absolute atomic E-state index is 12.6. The number of amidine groups is 1. The van der Waals surface area contributed by atoms with E-state index in [1.165, 1.54) is 11.8 Å². The monoisotopic (exact) mass is 634 g/mol. The van der Waals surface area contributed by atoms with Gasteiger partial charge in [-0.05, 0) is 107 Å². The van der Waals surface area contributed by atoms with Crippen LogP contribution in [0.4, 0.5) is 5.69 Å². The predicted molar refractivity (Wildman–Crippen MR) is 151 cm³/mol. The van der Waals surface area contributed by atoms with Gasteiger partial charge < -0.3 is 14.8 Å². The summed E-state index contributed by atoms with van der Waals surface area (Å²) in [6.07, 6.45) is 1.81. The Morgan fingerprint density at radius 2 is 1.86 bits per heavy atom. The molecular formula is C26H21Br2ClN2O3S. The molecule has 4 rings (SSSR count). The Hall–Kier alpha value is -2.26. The minimum Gasteiger partial charge on any atom is -0.490 e. The zero-order valence-electron chi connectivity index (χ0n) is 18.9. The van der Waals surface area contributed by atoms with Crippen molar-refractivity contribution in [3.05, 3.63) is 90.2 Å². The van der Waals surface area contributed by atoms with Crippen molar-refractivity contribution in [2.75, 3.05) is 6.61 Å². The van der Waals surface area contributed by atoms with Crippen molar-refractivity contribution in [1.82, 2.24) is 5.32 Å². The molecule has 9 heteroatoms. The van der Waals surface area contributed by atoms with Crippen molar-refractivity contribution in [2.24, 2.45) is 4.99 Å². The molecule has 0 aromatic heterocycles. The average molecular weight is 637 g/mol. The fourth-order valence-corrected chi connectivity index (χ4v) is 5.20. The molecule has 3 aromatic carbocycles. The molecule has 0 unspecified atom stereocenters. The number of carbonyl (C=O) groups is 1. The first-order valence-electron chi connectivity index (χ1n) is 10.7. The maximum atomic E-state index is 12.6. The molecular weight excluding hydrogens is 616 g/mol. The first-order valence-corrected chi connectivity index (χ1v) is 13.5. The third-order valence-corrected chi connectivity index (χ3v) is 7.22. The number of hydrogen-bond donors (Lipinski definition) is 1. The number of aliphatic imine (C=N–C) groups is 1. The van der Waals surface area contributed by atoms with Gasteiger partial charge in [0, 0.05) is 9.50 Å². The van der Waals surface area contributed by atoms with Gasteiger partial charge in [0.05, 0.1) is 21.7 Å². The SMILES string of the molecule is CCOc1cc(/C=C2\SC(=Nc3ccc(Cl)cc3C)NC2=O)cc(Br)c1OCc1ccc(Br)cc1. The number of ether oxygens (including phenoxy) is 2. The molecule has 35 heavy (non-hydrogen) atoms. The van der Waals surface area contributed by atoms with Crippen molar-refractivity contribution >= 4 is 78.1 Å². The second-order valence-electron chi connectivity index (χ2n) is 7.59. The highest BCUT2D eigenvalue weighted by atomic mass is 79.9. The molecule has 1 N–H and O–H groups in total. The predicted octanol–water partition coefficient (Wildman–Crippen LogP) is 8.04. The van der Waals surface area contributed by atoms with Gasteiger partial charge in [-0.25, -0.2) is 4.99 Å². The molecule has 0 spiro atoms.